The van der Waals surface area contributed by atoms with Crippen molar-refractivity contribution < 1.29 is 9.47 Å². The van der Waals surface area contributed by atoms with Crippen LogP contribution in [0.4, 0.5) is 0 Å². The van der Waals surface area contributed by atoms with Crippen molar-refractivity contribution in [3.05, 3.63) is 94.5 Å². The molecule has 1 atom stereocenters. The minimum Gasteiger partial charge on any atom is -0.488 e. The van der Waals surface area contributed by atoms with Gasteiger partial charge in [0.1, 0.15) is 12.7 Å². The molecule has 1 aliphatic rings. The highest BCUT2D eigenvalue weighted by molar-refractivity contribution is 5.60. The number of nitrogens with zero attached hydrogens (tertiary/aromatic N) is 5. The summed E-state index contributed by atoms with van der Waals surface area (Å²) in [5, 5.41) is 17.0. The molecule has 36 heavy (non-hydrogen) atoms. The lowest BCUT2D eigenvalue weighted by Crippen LogP contribution is -2.41. The number of hydrogen-bond acceptors (Lipinski definition) is 8. The Balaban J connectivity index is 1.30. The Kier molecular flexibility index (Phi) is 7.07. The highest BCUT2D eigenvalue weighted by Gasteiger charge is 2.14. The van der Waals surface area contributed by atoms with Gasteiger partial charge in [-0.25, -0.2) is 14.6 Å². The summed E-state index contributed by atoms with van der Waals surface area (Å²) in [6.45, 7) is 3.03. The van der Waals surface area contributed by atoms with Gasteiger partial charge in [-0.05, 0) is 29.8 Å². The standard InChI is InChI=1S/C27H24N6O3/c28-13-19-3-1-5-21(11-19)25-7-8-26(34)33(32-25)17-20-4-2-6-22(12-20)27-30-15-23(16-31-27)36-18-24-14-29-9-10-35-24/h1-8,11-12,15-16,24,29H,9-10,14,17-18H2/t24-/m1/s1. The summed E-state index contributed by atoms with van der Waals surface area (Å²) < 4.78 is 12.8. The van der Waals surface area contributed by atoms with Gasteiger partial charge >= 0.3 is 0 Å². The first-order valence-electron chi connectivity index (χ1n) is 11.6. The van der Waals surface area contributed by atoms with Crippen molar-refractivity contribution in [1.29, 1.82) is 5.26 Å². The molecule has 0 saturated carbocycles. The molecular formula is C27H24N6O3. The van der Waals surface area contributed by atoms with E-state index >= 15 is 0 Å². The van der Waals surface area contributed by atoms with Crippen molar-refractivity contribution in [3.8, 4) is 34.5 Å². The Morgan fingerprint density at radius 2 is 1.92 bits per heavy atom. The van der Waals surface area contributed by atoms with E-state index in [1.54, 1.807) is 36.7 Å². The molecule has 0 aliphatic carbocycles. The van der Waals surface area contributed by atoms with E-state index in [1.165, 1.54) is 10.7 Å². The molecule has 9 heteroatoms. The predicted octanol–water partition coefficient (Wildman–Crippen LogP) is 2.65. The number of nitriles is 1. The lowest BCUT2D eigenvalue weighted by molar-refractivity contribution is 0.0000562. The van der Waals surface area contributed by atoms with Crippen molar-refractivity contribution in [2.75, 3.05) is 26.3 Å². The van der Waals surface area contributed by atoms with Crippen LogP contribution in [0.2, 0.25) is 0 Å². The fourth-order valence-corrected chi connectivity index (χ4v) is 3.90. The van der Waals surface area contributed by atoms with Crippen molar-refractivity contribution >= 4 is 0 Å². The molecular weight excluding hydrogens is 456 g/mol. The third kappa shape index (κ3) is 5.63. The minimum atomic E-state index is -0.213. The maximum absolute atomic E-state index is 12.5. The van der Waals surface area contributed by atoms with E-state index in [0.29, 0.717) is 36.0 Å². The molecule has 0 amide bonds. The predicted molar refractivity (Wildman–Crippen MR) is 133 cm³/mol. The first kappa shape index (κ1) is 23.4. The molecule has 1 N–H and O–H groups in total. The minimum absolute atomic E-state index is 0.0147. The molecule has 0 radical (unpaired) electrons. The molecule has 1 saturated heterocycles. The zero-order valence-corrected chi connectivity index (χ0v) is 19.5. The highest BCUT2D eigenvalue weighted by atomic mass is 16.5. The maximum atomic E-state index is 12.5. The summed E-state index contributed by atoms with van der Waals surface area (Å²) in [6.07, 6.45) is 3.31. The second-order valence-electron chi connectivity index (χ2n) is 8.36. The summed E-state index contributed by atoms with van der Waals surface area (Å²) in [6, 6.07) is 20.1. The molecule has 2 aromatic heterocycles. The number of morpholine rings is 1. The number of benzene rings is 2. The zero-order chi connectivity index (χ0) is 24.7. The van der Waals surface area contributed by atoms with Crippen LogP contribution in [0.3, 0.4) is 0 Å². The van der Waals surface area contributed by atoms with Gasteiger partial charge in [-0.15, -0.1) is 0 Å². The van der Waals surface area contributed by atoms with Crippen molar-refractivity contribution in [3.63, 3.8) is 0 Å². The second-order valence-corrected chi connectivity index (χ2v) is 8.36. The quantitative estimate of drug-likeness (QED) is 0.429. The van der Waals surface area contributed by atoms with Crippen LogP contribution in [0.15, 0.2) is 77.9 Å². The number of aromatic nitrogens is 4. The molecule has 1 fully saturated rings. The first-order chi connectivity index (χ1) is 17.7. The monoisotopic (exact) mass is 480 g/mol. The summed E-state index contributed by atoms with van der Waals surface area (Å²) in [5.74, 6) is 1.14. The Morgan fingerprint density at radius 3 is 2.72 bits per heavy atom. The van der Waals surface area contributed by atoms with E-state index in [0.717, 1.165) is 29.8 Å². The average molecular weight is 481 g/mol. The van der Waals surface area contributed by atoms with Crippen molar-refractivity contribution in [1.82, 2.24) is 25.1 Å². The summed E-state index contributed by atoms with van der Waals surface area (Å²) >= 11 is 0. The van der Waals surface area contributed by atoms with Crippen molar-refractivity contribution in [2.45, 2.75) is 12.6 Å². The van der Waals surface area contributed by atoms with E-state index in [1.807, 2.05) is 30.3 Å². The molecule has 9 nitrogen and oxygen atoms in total. The fourth-order valence-electron chi connectivity index (χ4n) is 3.90. The van der Waals surface area contributed by atoms with E-state index < -0.39 is 0 Å². The number of nitrogens with one attached hydrogen (secondary N) is 1. The van der Waals surface area contributed by atoms with Gasteiger partial charge in [-0.1, -0.05) is 30.3 Å². The lowest BCUT2D eigenvalue weighted by Gasteiger charge is -2.23. The van der Waals surface area contributed by atoms with Crippen LogP contribution >= 0.6 is 0 Å². The van der Waals surface area contributed by atoms with Gasteiger partial charge in [0.15, 0.2) is 11.6 Å². The van der Waals surface area contributed by atoms with Crippen LogP contribution < -0.4 is 15.6 Å². The molecule has 0 unspecified atom stereocenters. The van der Waals surface area contributed by atoms with Crippen LogP contribution in [0.1, 0.15) is 11.1 Å². The van der Waals surface area contributed by atoms with E-state index in [2.05, 4.69) is 26.5 Å². The van der Waals surface area contributed by atoms with Crippen LogP contribution in [-0.4, -0.2) is 52.2 Å². The number of hydrogen-bond donors (Lipinski definition) is 1. The summed E-state index contributed by atoms with van der Waals surface area (Å²) in [7, 11) is 0. The number of ether oxygens (including phenoxy) is 2. The topological polar surface area (TPSA) is 115 Å². The molecule has 0 spiro atoms. The van der Waals surface area contributed by atoms with Gasteiger partial charge in [0.2, 0.25) is 0 Å². The Bertz CT molecular complexity index is 1440. The number of rotatable bonds is 7. The van der Waals surface area contributed by atoms with Gasteiger partial charge in [0, 0.05) is 30.3 Å². The Morgan fingerprint density at radius 1 is 1.08 bits per heavy atom. The molecule has 1 aliphatic heterocycles. The van der Waals surface area contributed by atoms with E-state index in [9.17, 15) is 4.79 Å². The van der Waals surface area contributed by atoms with Gasteiger partial charge in [-0.3, -0.25) is 4.79 Å². The fraction of sp³-hybridized carbons (Fsp3) is 0.222. The molecule has 180 valence electrons. The third-order valence-corrected chi connectivity index (χ3v) is 5.74. The largest absolute Gasteiger partial charge is 0.488 e. The van der Waals surface area contributed by atoms with E-state index in [4.69, 9.17) is 14.7 Å². The average Bonchev–Trinajstić information content (AvgIpc) is 2.94. The van der Waals surface area contributed by atoms with E-state index in [-0.39, 0.29) is 18.2 Å². The Hall–Kier alpha value is -4.39. The zero-order valence-electron chi connectivity index (χ0n) is 19.5. The molecule has 4 aromatic rings. The van der Waals surface area contributed by atoms with Gasteiger partial charge in [0.25, 0.3) is 5.56 Å². The molecule has 2 aromatic carbocycles. The third-order valence-electron chi connectivity index (χ3n) is 5.74. The lowest BCUT2D eigenvalue weighted by atomic mass is 10.1. The normalized spacial score (nSPS) is 15.2. The van der Waals surface area contributed by atoms with Gasteiger partial charge < -0.3 is 14.8 Å². The van der Waals surface area contributed by atoms with Crippen LogP contribution in [0.5, 0.6) is 5.75 Å². The summed E-state index contributed by atoms with van der Waals surface area (Å²) in [4.78, 5) is 21.4. The van der Waals surface area contributed by atoms with Crippen molar-refractivity contribution in [2.24, 2.45) is 0 Å². The van der Waals surface area contributed by atoms with Crippen LogP contribution in [0, 0.1) is 11.3 Å². The van der Waals surface area contributed by atoms with Gasteiger partial charge in [0.05, 0.1) is 42.9 Å². The Labute approximate surface area is 208 Å². The smallest absolute Gasteiger partial charge is 0.267 e. The molecule has 0 bridgehead atoms. The highest BCUT2D eigenvalue weighted by Crippen LogP contribution is 2.20. The molecule has 3 heterocycles. The second kappa shape index (κ2) is 10.9. The van der Waals surface area contributed by atoms with Gasteiger partial charge in [-0.2, -0.15) is 10.4 Å². The SMILES string of the molecule is N#Cc1cccc(-c2ccc(=O)n(Cc3cccc(-c4ncc(OC[C@H]5CNCCO5)cn4)c3)n2)c1. The van der Waals surface area contributed by atoms with Crippen LogP contribution in [-0.2, 0) is 11.3 Å². The first-order valence-corrected chi connectivity index (χ1v) is 11.6. The summed E-state index contributed by atoms with van der Waals surface area (Å²) in [5.41, 5.74) is 3.43. The molecule has 5 rings (SSSR count). The maximum Gasteiger partial charge on any atom is 0.267 e. The van der Waals surface area contributed by atoms with Crippen LogP contribution in [0.25, 0.3) is 22.6 Å².